The maximum atomic E-state index is 13.2. The number of rotatable bonds is 5. The minimum Gasteiger partial charge on any atom is -0.484 e. The molecule has 0 aliphatic rings. The van der Waals surface area contributed by atoms with Crippen LogP contribution in [0.3, 0.4) is 0 Å². The number of ether oxygens (including phenoxy) is 1. The molecule has 0 amide bonds. The summed E-state index contributed by atoms with van der Waals surface area (Å²) in [5, 5.41) is 0.0419. The van der Waals surface area contributed by atoms with Gasteiger partial charge in [-0.1, -0.05) is 48.4 Å². The maximum absolute atomic E-state index is 13.2. The van der Waals surface area contributed by atoms with Crippen LogP contribution < -0.4 is 10.5 Å². The van der Waals surface area contributed by atoms with Crippen molar-refractivity contribution in [3.05, 3.63) is 64.4 Å². The Hall–Kier alpha value is -1.58. The Bertz CT molecular complexity index is 600. The first-order valence-electron chi connectivity index (χ1n) is 6.95. The van der Waals surface area contributed by atoms with E-state index in [-0.39, 0.29) is 17.2 Å². The van der Waals surface area contributed by atoms with E-state index in [0.29, 0.717) is 5.75 Å². The lowest BCUT2D eigenvalue weighted by molar-refractivity contribution is 0.171. The van der Waals surface area contributed by atoms with E-state index in [1.54, 1.807) is 6.07 Å². The fourth-order valence-corrected chi connectivity index (χ4v) is 2.24. The molecular formula is C17H19ClFNO. The van der Waals surface area contributed by atoms with Crippen LogP contribution in [0.25, 0.3) is 0 Å². The molecular weight excluding hydrogens is 289 g/mol. The number of hydrogen-bond acceptors (Lipinski definition) is 2. The van der Waals surface area contributed by atoms with E-state index in [2.05, 4.69) is 0 Å². The van der Waals surface area contributed by atoms with Crippen molar-refractivity contribution in [1.82, 2.24) is 0 Å². The maximum Gasteiger partial charge on any atom is 0.142 e. The van der Waals surface area contributed by atoms with E-state index in [1.807, 2.05) is 38.1 Å². The summed E-state index contributed by atoms with van der Waals surface area (Å²) in [6.07, 6.45) is 0.477. The largest absolute Gasteiger partial charge is 0.484 e. The molecule has 2 N–H and O–H groups in total. The van der Waals surface area contributed by atoms with E-state index in [0.717, 1.165) is 12.0 Å². The van der Waals surface area contributed by atoms with Crippen LogP contribution in [0.1, 0.15) is 30.6 Å². The Morgan fingerprint density at radius 2 is 1.86 bits per heavy atom. The Labute approximate surface area is 129 Å². The molecule has 112 valence electrons. The van der Waals surface area contributed by atoms with Crippen molar-refractivity contribution < 1.29 is 9.13 Å². The SMILES string of the molecule is CCC(N)C(Oc1ccc(F)c(Cl)c1)c1ccc(C)cc1. The van der Waals surface area contributed by atoms with Gasteiger partial charge in [-0.05, 0) is 31.0 Å². The molecule has 2 nitrogen and oxygen atoms in total. The highest BCUT2D eigenvalue weighted by atomic mass is 35.5. The van der Waals surface area contributed by atoms with Gasteiger partial charge >= 0.3 is 0 Å². The summed E-state index contributed by atoms with van der Waals surface area (Å²) < 4.78 is 19.2. The zero-order valence-electron chi connectivity index (χ0n) is 12.1. The molecule has 0 radical (unpaired) electrons. The molecule has 4 heteroatoms. The van der Waals surface area contributed by atoms with Crippen LogP contribution >= 0.6 is 11.6 Å². The van der Waals surface area contributed by atoms with Crippen molar-refractivity contribution in [3.63, 3.8) is 0 Å². The summed E-state index contributed by atoms with van der Waals surface area (Å²) in [7, 11) is 0. The van der Waals surface area contributed by atoms with Crippen LogP contribution in [0.5, 0.6) is 5.75 Å². The molecule has 0 saturated heterocycles. The minimum absolute atomic E-state index is 0.0419. The Balaban J connectivity index is 2.28. The Kier molecular flexibility index (Phi) is 5.21. The van der Waals surface area contributed by atoms with Gasteiger partial charge in [0.2, 0.25) is 0 Å². The monoisotopic (exact) mass is 307 g/mol. The highest BCUT2D eigenvalue weighted by Gasteiger charge is 2.20. The van der Waals surface area contributed by atoms with E-state index >= 15 is 0 Å². The average Bonchev–Trinajstić information content (AvgIpc) is 2.48. The summed E-state index contributed by atoms with van der Waals surface area (Å²) in [6.45, 7) is 4.03. The minimum atomic E-state index is -0.462. The smallest absolute Gasteiger partial charge is 0.142 e. The van der Waals surface area contributed by atoms with Gasteiger partial charge in [-0.2, -0.15) is 0 Å². The fraction of sp³-hybridized carbons (Fsp3) is 0.294. The summed E-state index contributed by atoms with van der Waals surface area (Å²) in [5.74, 6) is 0.0477. The second-order valence-corrected chi connectivity index (χ2v) is 5.50. The zero-order valence-corrected chi connectivity index (χ0v) is 12.9. The van der Waals surface area contributed by atoms with Crippen molar-refractivity contribution in [2.45, 2.75) is 32.4 Å². The number of hydrogen-bond donors (Lipinski definition) is 1. The van der Waals surface area contributed by atoms with Crippen molar-refractivity contribution in [3.8, 4) is 5.75 Å². The number of benzene rings is 2. The van der Waals surface area contributed by atoms with Gasteiger partial charge in [0.05, 0.1) is 5.02 Å². The lowest BCUT2D eigenvalue weighted by Gasteiger charge is -2.25. The standard InChI is InChI=1S/C17H19ClFNO/c1-3-16(20)17(12-6-4-11(2)5-7-12)21-13-8-9-15(19)14(18)10-13/h4-10,16-17H,3,20H2,1-2H3. The quantitative estimate of drug-likeness (QED) is 0.873. The van der Waals surface area contributed by atoms with E-state index in [4.69, 9.17) is 22.1 Å². The van der Waals surface area contributed by atoms with Gasteiger partial charge in [-0.3, -0.25) is 0 Å². The Morgan fingerprint density at radius 3 is 2.43 bits per heavy atom. The highest BCUT2D eigenvalue weighted by molar-refractivity contribution is 6.30. The van der Waals surface area contributed by atoms with E-state index < -0.39 is 5.82 Å². The van der Waals surface area contributed by atoms with Crippen LogP contribution in [0.2, 0.25) is 5.02 Å². The van der Waals surface area contributed by atoms with E-state index in [9.17, 15) is 4.39 Å². The van der Waals surface area contributed by atoms with Crippen molar-refractivity contribution in [2.75, 3.05) is 0 Å². The molecule has 0 fully saturated rings. The van der Waals surface area contributed by atoms with Gasteiger partial charge in [-0.25, -0.2) is 4.39 Å². The first kappa shape index (κ1) is 15.8. The third kappa shape index (κ3) is 3.96. The number of nitrogens with two attached hydrogens (primary N) is 1. The van der Waals surface area contributed by atoms with Crippen molar-refractivity contribution in [2.24, 2.45) is 5.73 Å². The van der Waals surface area contributed by atoms with Crippen LogP contribution in [-0.2, 0) is 0 Å². The van der Waals surface area contributed by atoms with Gasteiger partial charge < -0.3 is 10.5 Å². The predicted octanol–water partition coefficient (Wildman–Crippen LogP) is 4.64. The summed E-state index contributed by atoms with van der Waals surface area (Å²) in [6, 6.07) is 12.2. The molecule has 2 atom stereocenters. The molecule has 0 spiro atoms. The second kappa shape index (κ2) is 6.92. The third-order valence-corrected chi connectivity index (χ3v) is 3.71. The summed E-state index contributed by atoms with van der Waals surface area (Å²) in [5.41, 5.74) is 8.34. The van der Waals surface area contributed by atoms with Crippen LogP contribution in [-0.4, -0.2) is 6.04 Å². The second-order valence-electron chi connectivity index (χ2n) is 5.10. The summed E-state index contributed by atoms with van der Waals surface area (Å²) in [4.78, 5) is 0. The van der Waals surface area contributed by atoms with Crippen molar-refractivity contribution in [1.29, 1.82) is 0 Å². The third-order valence-electron chi connectivity index (χ3n) is 3.42. The molecule has 0 aliphatic heterocycles. The van der Waals surface area contributed by atoms with Crippen molar-refractivity contribution >= 4 is 11.6 Å². The lowest BCUT2D eigenvalue weighted by Crippen LogP contribution is -2.31. The summed E-state index contributed by atoms with van der Waals surface area (Å²) >= 11 is 5.79. The molecule has 0 aromatic heterocycles. The van der Waals surface area contributed by atoms with E-state index in [1.165, 1.54) is 17.7 Å². The molecule has 2 aromatic carbocycles. The first-order chi connectivity index (χ1) is 10.0. The molecule has 0 heterocycles. The van der Waals surface area contributed by atoms with Gasteiger partial charge in [0.1, 0.15) is 17.7 Å². The predicted molar refractivity (Wildman–Crippen MR) is 84.2 cm³/mol. The molecule has 2 rings (SSSR count). The number of aryl methyl sites for hydroxylation is 1. The zero-order chi connectivity index (χ0) is 15.4. The van der Waals surface area contributed by atoms with Gasteiger partial charge in [0, 0.05) is 12.1 Å². The molecule has 0 bridgehead atoms. The molecule has 0 aliphatic carbocycles. The molecule has 21 heavy (non-hydrogen) atoms. The normalized spacial score (nSPS) is 13.8. The fourth-order valence-electron chi connectivity index (χ4n) is 2.07. The molecule has 0 saturated carbocycles. The van der Waals surface area contributed by atoms with Gasteiger partial charge in [0.15, 0.2) is 0 Å². The number of halogens is 2. The van der Waals surface area contributed by atoms with Gasteiger partial charge in [-0.15, -0.1) is 0 Å². The van der Waals surface area contributed by atoms with Gasteiger partial charge in [0.25, 0.3) is 0 Å². The topological polar surface area (TPSA) is 35.2 Å². The van der Waals surface area contributed by atoms with Crippen LogP contribution in [0, 0.1) is 12.7 Å². The average molecular weight is 308 g/mol. The van der Waals surface area contributed by atoms with Crippen LogP contribution in [0.15, 0.2) is 42.5 Å². The highest BCUT2D eigenvalue weighted by Crippen LogP contribution is 2.28. The molecule has 2 aromatic rings. The van der Waals surface area contributed by atoms with Crippen LogP contribution in [0.4, 0.5) is 4.39 Å². The molecule has 2 unspecified atom stereocenters. The Morgan fingerprint density at radius 1 is 1.19 bits per heavy atom. The first-order valence-corrected chi connectivity index (χ1v) is 7.33. The lowest BCUT2D eigenvalue weighted by atomic mass is 10.00.